The molecule has 0 bridgehead atoms. The van der Waals surface area contributed by atoms with Gasteiger partial charge in [0.05, 0.1) is 7.11 Å². The maximum atomic E-state index is 11.7. The summed E-state index contributed by atoms with van der Waals surface area (Å²) < 4.78 is 9.60. The Morgan fingerprint density at radius 3 is 2.45 bits per heavy atom. The van der Waals surface area contributed by atoms with E-state index in [2.05, 4.69) is 10.1 Å². The number of phenols is 1. The molecule has 0 saturated carbocycles. The first-order valence-electron chi connectivity index (χ1n) is 6.54. The third kappa shape index (κ3) is 4.76. The highest BCUT2D eigenvalue weighted by Gasteiger charge is 2.22. The number of phenolic OH excluding ortho intramolecular Hbond substituents is 1. The van der Waals surface area contributed by atoms with Crippen LogP contribution in [0.1, 0.15) is 42.7 Å². The number of hydrogen-bond acceptors (Lipinski definition) is 6. The van der Waals surface area contributed by atoms with Crippen molar-refractivity contribution >= 4 is 18.3 Å². The number of aromatic hydroxyl groups is 1. The predicted octanol–water partition coefficient (Wildman–Crippen LogP) is 1.94. The average Bonchev–Trinajstić information content (AvgIpc) is 2.42. The molecule has 120 valence electrons. The zero-order valence-corrected chi connectivity index (χ0v) is 12.9. The molecule has 0 aromatic heterocycles. The van der Waals surface area contributed by atoms with E-state index in [0.717, 1.165) is 0 Å². The quantitative estimate of drug-likeness (QED) is 0.651. The fraction of sp³-hybridized carbons (Fsp3) is 0.400. The molecule has 0 aliphatic carbocycles. The summed E-state index contributed by atoms with van der Waals surface area (Å²) in [5.41, 5.74) is -0.485. The third-order valence-corrected chi connectivity index (χ3v) is 2.59. The minimum Gasteiger partial charge on any atom is -0.507 e. The highest BCUT2D eigenvalue weighted by Crippen LogP contribution is 2.23. The minimum atomic E-state index is -1.01. The van der Waals surface area contributed by atoms with Gasteiger partial charge in [0.1, 0.15) is 29.2 Å². The van der Waals surface area contributed by atoms with E-state index in [1.807, 2.05) is 0 Å². The summed E-state index contributed by atoms with van der Waals surface area (Å²) >= 11 is 0. The number of nitrogens with one attached hydrogen (secondary N) is 1. The zero-order valence-electron chi connectivity index (χ0n) is 12.9. The van der Waals surface area contributed by atoms with Crippen molar-refractivity contribution in [2.45, 2.75) is 32.4 Å². The van der Waals surface area contributed by atoms with Crippen LogP contribution in [0.4, 0.5) is 4.79 Å². The van der Waals surface area contributed by atoms with Gasteiger partial charge in [-0.1, -0.05) is 6.07 Å². The number of carbonyl (C=O) groups excluding carboxylic acids is 3. The summed E-state index contributed by atoms with van der Waals surface area (Å²) in [7, 11) is 1.17. The summed E-state index contributed by atoms with van der Waals surface area (Å²) in [5, 5.41) is 12.0. The van der Waals surface area contributed by atoms with Crippen LogP contribution < -0.4 is 5.32 Å². The Morgan fingerprint density at radius 2 is 1.95 bits per heavy atom. The summed E-state index contributed by atoms with van der Waals surface area (Å²) in [5.74, 6) is -1.03. The van der Waals surface area contributed by atoms with Crippen LogP contribution >= 0.6 is 0 Å². The van der Waals surface area contributed by atoms with Gasteiger partial charge < -0.3 is 24.7 Å². The second-order valence-corrected chi connectivity index (χ2v) is 5.53. The first-order valence-corrected chi connectivity index (χ1v) is 6.54. The molecule has 1 unspecified atom stereocenters. The zero-order chi connectivity index (χ0) is 16.9. The fourth-order valence-electron chi connectivity index (χ4n) is 1.65. The van der Waals surface area contributed by atoms with Crippen LogP contribution in [-0.4, -0.2) is 36.2 Å². The van der Waals surface area contributed by atoms with Gasteiger partial charge >= 0.3 is 12.1 Å². The second-order valence-electron chi connectivity index (χ2n) is 5.53. The fourth-order valence-corrected chi connectivity index (χ4v) is 1.65. The maximum Gasteiger partial charge on any atom is 0.408 e. The first-order chi connectivity index (χ1) is 10.2. The molecule has 1 atom stereocenters. The van der Waals surface area contributed by atoms with Gasteiger partial charge in [-0.2, -0.15) is 0 Å². The Hall–Kier alpha value is -2.57. The van der Waals surface area contributed by atoms with Crippen LogP contribution in [0.5, 0.6) is 5.75 Å². The van der Waals surface area contributed by atoms with Crippen LogP contribution in [0.25, 0.3) is 0 Å². The Kier molecular flexibility index (Phi) is 5.50. The van der Waals surface area contributed by atoms with Crippen molar-refractivity contribution in [2.24, 2.45) is 0 Å². The number of alkyl carbamates (subject to hydrolysis) is 1. The molecule has 1 aromatic rings. The van der Waals surface area contributed by atoms with Crippen molar-refractivity contribution in [3.05, 3.63) is 29.3 Å². The molecule has 0 fully saturated rings. The van der Waals surface area contributed by atoms with E-state index >= 15 is 0 Å². The topological polar surface area (TPSA) is 102 Å². The molecule has 2 N–H and O–H groups in total. The number of rotatable bonds is 4. The van der Waals surface area contributed by atoms with Gasteiger partial charge in [0.2, 0.25) is 0 Å². The molecule has 0 saturated heterocycles. The van der Waals surface area contributed by atoms with Crippen molar-refractivity contribution in [2.75, 3.05) is 7.11 Å². The van der Waals surface area contributed by atoms with Crippen LogP contribution in [0, 0.1) is 0 Å². The standard InChI is InChI=1S/C15H19NO6/c1-15(2,3)22-14(20)16-11(8-17)9-5-6-12(18)10(7-9)13(19)21-4/h5-8,11,18H,1-4H3,(H,16,20). The molecular formula is C15H19NO6. The van der Waals surface area contributed by atoms with E-state index in [1.165, 1.54) is 25.3 Å². The average molecular weight is 309 g/mol. The molecular weight excluding hydrogens is 290 g/mol. The van der Waals surface area contributed by atoms with Gasteiger partial charge in [-0.3, -0.25) is 0 Å². The van der Waals surface area contributed by atoms with Gasteiger partial charge in [0, 0.05) is 0 Å². The van der Waals surface area contributed by atoms with Crippen LogP contribution in [0.3, 0.4) is 0 Å². The largest absolute Gasteiger partial charge is 0.507 e. The molecule has 1 aromatic carbocycles. The predicted molar refractivity (Wildman–Crippen MR) is 77.6 cm³/mol. The van der Waals surface area contributed by atoms with Crippen molar-refractivity contribution in [3.8, 4) is 5.75 Å². The van der Waals surface area contributed by atoms with Crippen molar-refractivity contribution in [1.82, 2.24) is 5.32 Å². The summed E-state index contributed by atoms with van der Waals surface area (Å²) in [6.45, 7) is 5.08. The van der Waals surface area contributed by atoms with Crippen LogP contribution in [0.2, 0.25) is 0 Å². The van der Waals surface area contributed by atoms with Crippen molar-refractivity contribution < 1.29 is 29.0 Å². The van der Waals surface area contributed by atoms with E-state index in [-0.39, 0.29) is 11.3 Å². The summed E-state index contributed by atoms with van der Waals surface area (Å²) in [6.07, 6.45) is -0.269. The minimum absolute atomic E-state index is 0.0992. The Labute approximate surface area is 128 Å². The van der Waals surface area contributed by atoms with Gasteiger partial charge in [-0.25, -0.2) is 9.59 Å². The highest BCUT2D eigenvalue weighted by atomic mass is 16.6. The monoisotopic (exact) mass is 309 g/mol. The molecule has 22 heavy (non-hydrogen) atoms. The Balaban J connectivity index is 2.98. The number of ether oxygens (including phenoxy) is 2. The number of methoxy groups -OCH3 is 1. The molecule has 7 nitrogen and oxygen atoms in total. The van der Waals surface area contributed by atoms with Crippen LogP contribution in [-0.2, 0) is 14.3 Å². The number of hydrogen-bond donors (Lipinski definition) is 2. The molecule has 0 spiro atoms. The number of esters is 1. The number of aldehydes is 1. The second kappa shape index (κ2) is 6.93. The summed E-state index contributed by atoms with van der Waals surface area (Å²) in [6, 6.07) is 2.92. The molecule has 0 radical (unpaired) electrons. The number of amides is 1. The van der Waals surface area contributed by atoms with E-state index in [1.54, 1.807) is 20.8 Å². The molecule has 0 aliphatic heterocycles. The lowest BCUT2D eigenvalue weighted by Crippen LogP contribution is -2.35. The van der Waals surface area contributed by atoms with Gasteiger partial charge in [0.15, 0.2) is 0 Å². The normalized spacial score (nSPS) is 12.2. The number of carbonyl (C=O) groups is 3. The smallest absolute Gasteiger partial charge is 0.408 e. The first kappa shape index (κ1) is 17.5. The lowest BCUT2D eigenvalue weighted by molar-refractivity contribution is -0.109. The summed E-state index contributed by atoms with van der Waals surface area (Å²) in [4.78, 5) is 34.4. The SMILES string of the molecule is COC(=O)c1cc(C(C=O)NC(=O)OC(C)(C)C)ccc1O. The van der Waals surface area contributed by atoms with Gasteiger partial charge in [-0.15, -0.1) is 0 Å². The van der Waals surface area contributed by atoms with E-state index in [0.29, 0.717) is 11.8 Å². The molecule has 1 amide bonds. The van der Waals surface area contributed by atoms with Crippen molar-refractivity contribution in [1.29, 1.82) is 0 Å². The molecule has 0 aliphatic rings. The molecule has 7 heteroatoms. The van der Waals surface area contributed by atoms with E-state index < -0.39 is 23.7 Å². The van der Waals surface area contributed by atoms with Gasteiger partial charge in [-0.05, 0) is 38.5 Å². The van der Waals surface area contributed by atoms with Gasteiger partial charge in [0.25, 0.3) is 0 Å². The lowest BCUT2D eigenvalue weighted by atomic mass is 10.0. The lowest BCUT2D eigenvalue weighted by Gasteiger charge is -2.21. The Morgan fingerprint density at radius 1 is 1.32 bits per heavy atom. The Bertz CT molecular complexity index is 576. The maximum absolute atomic E-state index is 11.7. The van der Waals surface area contributed by atoms with E-state index in [9.17, 15) is 19.5 Å². The van der Waals surface area contributed by atoms with Crippen LogP contribution in [0.15, 0.2) is 18.2 Å². The molecule has 1 rings (SSSR count). The third-order valence-electron chi connectivity index (χ3n) is 2.59. The molecule has 0 heterocycles. The van der Waals surface area contributed by atoms with E-state index in [4.69, 9.17) is 4.74 Å². The highest BCUT2D eigenvalue weighted by molar-refractivity contribution is 5.92. The number of benzene rings is 1. The van der Waals surface area contributed by atoms with Crippen molar-refractivity contribution in [3.63, 3.8) is 0 Å².